The smallest absolute Gasteiger partial charge is 0.0383 e. The zero-order chi connectivity index (χ0) is 14.5. The molecule has 0 aromatic rings. The van der Waals surface area contributed by atoms with Crippen LogP contribution in [0.2, 0.25) is 0 Å². The molecule has 0 saturated heterocycles. The molecule has 1 saturated carbocycles. The number of hydrogen-bond acceptors (Lipinski definition) is 0. The third-order valence-corrected chi connectivity index (χ3v) is 5.27. The van der Waals surface area contributed by atoms with Gasteiger partial charge in [-0.15, -0.1) is 0 Å². The maximum atomic E-state index is 2.36. The maximum Gasteiger partial charge on any atom is -0.0383 e. The van der Waals surface area contributed by atoms with Gasteiger partial charge in [-0.1, -0.05) is 110 Å². The third-order valence-electron chi connectivity index (χ3n) is 5.27. The molecule has 0 spiro atoms. The molecule has 1 rings (SSSR count). The minimum absolute atomic E-state index is 1.12. The molecule has 0 radical (unpaired) electrons. The highest BCUT2D eigenvalue weighted by atomic mass is 14.4. The lowest BCUT2D eigenvalue weighted by Crippen LogP contribution is -1.85. The summed E-state index contributed by atoms with van der Waals surface area (Å²) < 4.78 is 0. The van der Waals surface area contributed by atoms with E-state index >= 15 is 0 Å². The summed E-state index contributed by atoms with van der Waals surface area (Å²) in [6.07, 6.45) is 23.8. The first-order valence-electron chi connectivity index (χ1n) is 9.88. The van der Waals surface area contributed by atoms with Crippen molar-refractivity contribution in [1.29, 1.82) is 0 Å². The van der Waals surface area contributed by atoms with E-state index in [1.807, 2.05) is 0 Å². The highest BCUT2D eigenvalue weighted by molar-refractivity contribution is 4.84. The Morgan fingerprint density at radius 1 is 0.550 bits per heavy atom. The second kappa shape index (κ2) is 12.7. The summed E-state index contributed by atoms with van der Waals surface area (Å²) in [7, 11) is 0. The average Bonchev–Trinajstić information content (AvgIpc) is 3.22. The molecular formula is C20H40. The van der Waals surface area contributed by atoms with Crippen molar-refractivity contribution in [3.8, 4) is 0 Å². The van der Waals surface area contributed by atoms with Crippen LogP contribution in [-0.2, 0) is 0 Å². The van der Waals surface area contributed by atoms with Gasteiger partial charge in [0.1, 0.15) is 0 Å². The molecule has 0 N–H and O–H groups in total. The summed E-state index contributed by atoms with van der Waals surface area (Å²) in [5.41, 5.74) is 0. The van der Waals surface area contributed by atoms with E-state index in [0.717, 1.165) is 11.8 Å². The van der Waals surface area contributed by atoms with Gasteiger partial charge < -0.3 is 0 Å². The van der Waals surface area contributed by atoms with Gasteiger partial charge in [-0.3, -0.25) is 0 Å². The molecule has 2 atom stereocenters. The van der Waals surface area contributed by atoms with Crippen molar-refractivity contribution in [1.82, 2.24) is 0 Å². The predicted octanol–water partition coefficient (Wildman–Crippen LogP) is 7.51. The molecule has 120 valence electrons. The van der Waals surface area contributed by atoms with E-state index in [1.54, 1.807) is 6.42 Å². The van der Waals surface area contributed by atoms with E-state index in [2.05, 4.69) is 13.8 Å². The molecular weight excluding hydrogens is 240 g/mol. The molecule has 0 nitrogen and oxygen atoms in total. The van der Waals surface area contributed by atoms with E-state index < -0.39 is 0 Å². The van der Waals surface area contributed by atoms with Gasteiger partial charge in [-0.25, -0.2) is 0 Å². The Morgan fingerprint density at radius 2 is 1.00 bits per heavy atom. The Bertz CT molecular complexity index is 196. The molecule has 0 bridgehead atoms. The van der Waals surface area contributed by atoms with Crippen LogP contribution in [0.1, 0.15) is 117 Å². The molecule has 0 heterocycles. The molecule has 2 unspecified atom stereocenters. The van der Waals surface area contributed by atoms with Gasteiger partial charge in [0.05, 0.1) is 0 Å². The minimum Gasteiger partial charge on any atom is -0.0654 e. The van der Waals surface area contributed by atoms with Crippen molar-refractivity contribution in [2.24, 2.45) is 11.8 Å². The molecule has 0 heteroatoms. The SMILES string of the molecule is CCCCCCCCCCCCCCCC1CC1CC. The quantitative estimate of drug-likeness (QED) is 0.272. The first-order chi connectivity index (χ1) is 9.88. The second-order valence-electron chi connectivity index (χ2n) is 7.20. The fourth-order valence-corrected chi connectivity index (χ4v) is 3.59. The normalized spacial score (nSPS) is 21.3. The van der Waals surface area contributed by atoms with E-state index in [-0.39, 0.29) is 0 Å². The Morgan fingerprint density at radius 3 is 1.40 bits per heavy atom. The summed E-state index contributed by atoms with van der Waals surface area (Å²) in [6, 6.07) is 0. The van der Waals surface area contributed by atoms with Crippen LogP contribution in [0.25, 0.3) is 0 Å². The highest BCUT2D eigenvalue weighted by Gasteiger charge is 2.33. The third kappa shape index (κ3) is 9.83. The van der Waals surface area contributed by atoms with Gasteiger partial charge in [0, 0.05) is 0 Å². The Labute approximate surface area is 129 Å². The lowest BCUT2D eigenvalue weighted by Gasteiger charge is -2.03. The zero-order valence-electron chi connectivity index (χ0n) is 14.5. The molecule has 0 aromatic heterocycles. The fraction of sp³-hybridized carbons (Fsp3) is 1.00. The summed E-state index contributed by atoms with van der Waals surface area (Å²) in [6.45, 7) is 4.65. The van der Waals surface area contributed by atoms with Crippen LogP contribution >= 0.6 is 0 Å². The number of hydrogen-bond donors (Lipinski definition) is 0. The first-order valence-corrected chi connectivity index (χ1v) is 9.88. The molecule has 0 aliphatic heterocycles. The number of rotatable bonds is 15. The van der Waals surface area contributed by atoms with E-state index in [0.29, 0.717) is 0 Å². The van der Waals surface area contributed by atoms with Crippen molar-refractivity contribution in [2.45, 2.75) is 117 Å². The van der Waals surface area contributed by atoms with Gasteiger partial charge in [-0.2, -0.15) is 0 Å². The van der Waals surface area contributed by atoms with Gasteiger partial charge >= 0.3 is 0 Å². The van der Waals surface area contributed by atoms with Gasteiger partial charge in [0.15, 0.2) is 0 Å². The Kier molecular flexibility index (Phi) is 11.5. The van der Waals surface area contributed by atoms with E-state index in [4.69, 9.17) is 0 Å². The maximum absolute atomic E-state index is 2.36. The lowest BCUT2D eigenvalue weighted by molar-refractivity contribution is 0.522. The van der Waals surface area contributed by atoms with E-state index in [1.165, 1.54) is 96.3 Å². The van der Waals surface area contributed by atoms with Crippen LogP contribution in [0.5, 0.6) is 0 Å². The topological polar surface area (TPSA) is 0 Å². The molecule has 0 amide bonds. The standard InChI is InChI=1S/C20H40/c1-3-5-6-7-8-9-10-11-12-13-14-15-16-17-20-18-19(20)4-2/h19-20H,3-18H2,1-2H3. The van der Waals surface area contributed by atoms with Crippen LogP contribution in [0.4, 0.5) is 0 Å². The number of unbranched alkanes of at least 4 members (excludes halogenated alkanes) is 12. The van der Waals surface area contributed by atoms with Gasteiger partial charge in [0.25, 0.3) is 0 Å². The van der Waals surface area contributed by atoms with Crippen molar-refractivity contribution in [3.05, 3.63) is 0 Å². The Balaban J connectivity index is 1.65. The monoisotopic (exact) mass is 280 g/mol. The van der Waals surface area contributed by atoms with Gasteiger partial charge in [0.2, 0.25) is 0 Å². The zero-order valence-corrected chi connectivity index (χ0v) is 14.5. The fourth-order valence-electron chi connectivity index (χ4n) is 3.59. The largest absolute Gasteiger partial charge is 0.0654 e. The van der Waals surface area contributed by atoms with Crippen LogP contribution < -0.4 is 0 Å². The molecule has 1 aliphatic rings. The molecule has 0 aromatic carbocycles. The average molecular weight is 281 g/mol. The highest BCUT2D eigenvalue weighted by Crippen LogP contribution is 2.44. The second-order valence-corrected chi connectivity index (χ2v) is 7.20. The summed E-state index contributed by atoms with van der Waals surface area (Å²) in [4.78, 5) is 0. The molecule has 1 fully saturated rings. The first kappa shape index (κ1) is 18.1. The van der Waals surface area contributed by atoms with Crippen molar-refractivity contribution < 1.29 is 0 Å². The summed E-state index contributed by atoms with van der Waals surface area (Å²) in [5.74, 6) is 2.25. The van der Waals surface area contributed by atoms with Crippen LogP contribution in [0, 0.1) is 11.8 Å². The molecule has 20 heavy (non-hydrogen) atoms. The minimum atomic E-state index is 1.12. The van der Waals surface area contributed by atoms with Crippen LogP contribution in [-0.4, -0.2) is 0 Å². The Hall–Kier alpha value is 0. The van der Waals surface area contributed by atoms with Gasteiger partial charge in [-0.05, 0) is 18.3 Å². The van der Waals surface area contributed by atoms with Crippen LogP contribution in [0.15, 0.2) is 0 Å². The lowest BCUT2D eigenvalue weighted by atomic mass is 10.0. The summed E-state index contributed by atoms with van der Waals surface area (Å²) in [5, 5.41) is 0. The van der Waals surface area contributed by atoms with E-state index in [9.17, 15) is 0 Å². The van der Waals surface area contributed by atoms with Crippen molar-refractivity contribution >= 4 is 0 Å². The van der Waals surface area contributed by atoms with Crippen LogP contribution in [0.3, 0.4) is 0 Å². The predicted molar refractivity (Wildman–Crippen MR) is 92.2 cm³/mol. The molecule has 1 aliphatic carbocycles. The summed E-state index contributed by atoms with van der Waals surface area (Å²) >= 11 is 0. The van der Waals surface area contributed by atoms with Crippen molar-refractivity contribution in [2.75, 3.05) is 0 Å². The van der Waals surface area contributed by atoms with Crippen molar-refractivity contribution in [3.63, 3.8) is 0 Å².